The average molecular weight is 358 g/mol. The van der Waals surface area contributed by atoms with Crippen molar-refractivity contribution in [2.75, 3.05) is 4.90 Å². The Hall–Kier alpha value is -3.67. The standard InChI is InChI=1S/C21H18N4O2/c1-15-20(13-27-24-15)21(26)25(12-18-11-22-14-23-18)19-9-7-17(8-10-19)16-5-3-2-4-6-16/h2-11,13-14H,12H2,1H3,(H,22,23). The van der Waals surface area contributed by atoms with E-state index < -0.39 is 0 Å². The van der Waals surface area contributed by atoms with Crippen molar-refractivity contribution in [1.29, 1.82) is 0 Å². The highest BCUT2D eigenvalue weighted by Gasteiger charge is 2.22. The van der Waals surface area contributed by atoms with E-state index in [1.54, 1.807) is 24.3 Å². The number of imidazole rings is 1. The summed E-state index contributed by atoms with van der Waals surface area (Å²) in [5.74, 6) is -0.171. The summed E-state index contributed by atoms with van der Waals surface area (Å²) in [4.78, 5) is 21.9. The average Bonchev–Trinajstić information content (AvgIpc) is 3.38. The van der Waals surface area contributed by atoms with Crippen LogP contribution >= 0.6 is 0 Å². The van der Waals surface area contributed by atoms with E-state index in [-0.39, 0.29) is 5.91 Å². The first-order valence-corrected chi connectivity index (χ1v) is 8.58. The van der Waals surface area contributed by atoms with E-state index in [9.17, 15) is 4.79 Å². The number of anilines is 1. The summed E-state index contributed by atoms with van der Waals surface area (Å²) in [6.07, 6.45) is 4.69. The topological polar surface area (TPSA) is 75.0 Å². The molecule has 0 radical (unpaired) electrons. The maximum atomic E-state index is 13.1. The highest BCUT2D eigenvalue weighted by molar-refractivity contribution is 6.06. The van der Waals surface area contributed by atoms with Crippen molar-refractivity contribution in [2.24, 2.45) is 0 Å². The third kappa shape index (κ3) is 3.50. The fourth-order valence-electron chi connectivity index (χ4n) is 2.93. The summed E-state index contributed by atoms with van der Waals surface area (Å²) in [5.41, 5.74) is 4.86. The van der Waals surface area contributed by atoms with E-state index in [2.05, 4.69) is 27.3 Å². The molecule has 0 fully saturated rings. The van der Waals surface area contributed by atoms with Crippen LogP contribution in [0.25, 0.3) is 11.1 Å². The second-order valence-electron chi connectivity index (χ2n) is 6.19. The zero-order valence-corrected chi connectivity index (χ0v) is 14.8. The first-order valence-electron chi connectivity index (χ1n) is 8.58. The first kappa shape index (κ1) is 16.8. The van der Waals surface area contributed by atoms with E-state index in [4.69, 9.17) is 4.52 Å². The van der Waals surface area contributed by atoms with E-state index in [1.165, 1.54) is 6.26 Å². The van der Waals surface area contributed by atoms with Crippen LogP contribution in [-0.4, -0.2) is 21.0 Å². The van der Waals surface area contributed by atoms with E-state index >= 15 is 0 Å². The van der Waals surface area contributed by atoms with Crippen LogP contribution in [0.1, 0.15) is 21.7 Å². The number of aromatic nitrogens is 3. The molecular formula is C21H18N4O2. The number of carbonyl (C=O) groups is 1. The molecule has 0 aliphatic heterocycles. The molecule has 0 aliphatic rings. The molecule has 1 amide bonds. The van der Waals surface area contributed by atoms with Gasteiger partial charge < -0.3 is 14.4 Å². The quantitative estimate of drug-likeness (QED) is 0.579. The number of H-pyrrole nitrogens is 1. The number of nitrogens with one attached hydrogen (secondary N) is 1. The Balaban J connectivity index is 1.68. The molecule has 0 aliphatic carbocycles. The summed E-state index contributed by atoms with van der Waals surface area (Å²) in [7, 11) is 0. The van der Waals surface area contributed by atoms with E-state index in [1.807, 2.05) is 42.5 Å². The lowest BCUT2D eigenvalue weighted by Crippen LogP contribution is -2.30. The van der Waals surface area contributed by atoms with Crippen molar-refractivity contribution in [3.8, 4) is 11.1 Å². The number of benzene rings is 2. The maximum Gasteiger partial charge on any atom is 0.263 e. The predicted octanol–water partition coefficient (Wildman–Crippen LogP) is 4.22. The lowest BCUT2D eigenvalue weighted by molar-refractivity contribution is 0.0983. The molecule has 2 heterocycles. The Kier molecular flexibility index (Phi) is 4.53. The van der Waals surface area contributed by atoms with Gasteiger partial charge in [-0.2, -0.15) is 0 Å². The van der Waals surface area contributed by atoms with Crippen molar-refractivity contribution >= 4 is 11.6 Å². The van der Waals surface area contributed by atoms with Crippen LogP contribution in [0.2, 0.25) is 0 Å². The molecule has 0 bridgehead atoms. The molecule has 4 rings (SSSR count). The van der Waals surface area contributed by atoms with Gasteiger partial charge in [0.2, 0.25) is 0 Å². The van der Waals surface area contributed by atoms with Crippen LogP contribution in [0.4, 0.5) is 5.69 Å². The molecule has 6 heteroatoms. The van der Waals surface area contributed by atoms with Crippen LogP contribution in [0.5, 0.6) is 0 Å². The van der Waals surface area contributed by atoms with Gasteiger partial charge in [0.15, 0.2) is 0 Å². The van der Waals surface area contributed by atoms with E-state index in [0.717, 1.165) is 22.5 Å². The summed E-state index contributed by atoms with van der Waals surface area (Å²) in [5, 5.41) is 3.82. The fraction of sp³-hybridized carbons (Fsp3) is 0.0952. The van der Waals surface area contributed by atoms with Crippen molar-refractivity contribution in [3.63, 3.8) is 0 Å². The second-order valence-corrected chi connectivity index (χ2v) is 6.19. The van der Waals surface area contributed by atoms with Gasteiger partial charge in [-0.3, -0.25) is 4.79 Å². The number of carbonyl (C=O) groups excluding carboxylic acids is 1. The minimum atomic E-state index is -0.171. The lowest BCUT2D eigenvalue weighted by Gasteiger charge is -2.22. The highest BCUT2D eigenvalue weighted by atomic mass is 16.5. The maximum absolute atomic E-state index is 13.1. The number of hydrogen-bond donors (Lipinski definition) is 1. The van der Waals surface area contributed by atoms with Gasteiger partial charge in [0.1, 0.15) is 11.8 Å². The molecule has 0 saturated heterocycles. The van der Waals surface area contributed by atoms with Crippen molar-refractivity contribution in [2.45, 2.75) is 13.5 Å². The Morgan fingerprint density at radius 1 is 1.07 bits per heavy atom. The molecule has 2 aromatic carbocycles. The minimum Gasteiger partial charge on any atom is -0.364 e. The van der Waals surface area contributed by atoms with Crippen molar-refractivity contribution in [1.82, 2.24) is 15.1 Å². The van der Waals surface area contributed by atoms with Crippen molar-refractivity contribution < 1.29 is 9.32 Å². The number of aryl methyl sites for hydroxylation is 1. The Morgan fingerprint density at radius 2 is 1.81 bits per heavy atom. The molecule has 0 spiro atoms. The normalized spacial score (nSPS) is 10.7. The Bertz CT molecular complexity index is 1020. The lowest BCUT2D eigenvalue weighted by atomic mass is 10.1. The molecule has 4 aromatic rings. The van der Waals surface area contributed by atoms with Gasteiger partial charge in [0.05, 0.1) is 24.3 Å². The number of hydrogen-bond acceptors (Lipinski definition) is 4. The minimum absolute atomic E-state index is 0.171. The molecule has 6 nitrogen and oxygen atoms in total. The first-order chi connectivity index (χ1) is 13.2. The van der Waals surface area contributed by atoms with Gasteiger partial charge in [-0.1, -0.05) is 47.6 Å². The summed E-state index contributed by atoms with van der Waals surface area (Å²) < 4.78 is 4.95. The van der Waals surface area contributed by atoms with Crippen LogP contribution in [0.15, 0.2) is 77.9 Å². The molecule has 0 unspecified atom stereocenters. The van der Waals surface area contributed by atoms with Crippen molar-refractivity contribution in [3.05, 3.63) is 90.3 Å². The fourth-order valence-corrected chi connectivity index (χ4v) is 2.93. The SMILES string of the molecule is Cc1nocc1C(=O)N(Cc1cnc[nH]1)c1ccc(-c2ccccc2)cc1. The van der Waals surface area contributed by atoms with Gasteiger partial charge in [0, 0.05) is 11.9 Å². The predicted molar refractivity (Wildman–Crippen MR) is 102 cm³/mol. The number of aromatic amines is 1. The summed E-state index contributed by atoms with van der Waals surface area (Å²) in [6, 6.07) is 18.0. The van der Waals surface area contributed by atoms with Gasteiger partial charge in [0.25, 0.3) is 5.91 Å². The number of rotatable bonds is 5. The molecule has 0 atom stereocenters. The second kappa shape index (κ2) is 7.29. The summed E-state index contributed by atoms with van der Waals surface area (Å²) in [6.45, 7) is 2.12. The summed E-state index contributed by atoms with van der Waals surface area (Å²) >= 11 is 0. The monoisotopic (exact) mass is 358 g/mol. The zero-order chi connectivity index (χ0) is 18.6. The Morgan fingerprint density at radius 3 is 2.44 bits per heavy atom. The molecule has 2 aromatic heterocycles. The molecule has 1 N–H and O–H groups in total. The zero-order valence-electron chi connectivity index (χ0n) is 14.8. The number of nitrogens with zero attached hydrogens (tertiary/aromatic N) is 3. The third-order valence-corrected chi connectivity index (χ3v) is 4.39. The molecule has 0 saturated carbocycles. The van der Waals surface area contributed by atoms with Gasteiger partial charge in [-0.05, 0) is 30.2 Å². The molecule has 134 valence electrons. The van der Waals surface area contributed by atoms with E-state index in [0.29, 0.717) is 17.8 Å². The number of amides is 1. The third-order valence-electron chi connectivity index (χ3n) is 4.39. The van der Waals surface area contributed by atoms with Crippen LogP contribution < -0.4 is 4.90 Å². The van der Waals surface area contributed by atoms with Crippen LogP contribution in [0.3, 0.4) is 0 Å². The van der Waals surface area contributed by atoms with Gasteiger partial charge in [-0.25, -0.2) is 4.98 Å². The Labute approximate surface area is 156 Å². The largest absolute Gasteiger partial charge is 0.364 e. The molecule has 27 heavy (non-hydrogen) atoms. The highest BCUT2D eigenvalue weighted by Crippen LogP contribution is 2.25. The molecular weight excluding hydrogens is 340 g/mol. The van der Waals surface area contributed by atoms with Gasteiger partial charge >= 0.3 is 0 Å². The smallest absolute Gasteiger partial charge is 0.263 e. The van der Waals surface area contributed by atoms with Gasteiger partial charge in [-0.15, -0.1) is 0 Å². The van der Waals surface area contributed by atoms with Crippen LogP contribution in [-0.2, 0) is 6.54 Å². The van der Waals surface area contributed by atoms with Crippen LogP contribution in [0, 0.1) is 6.92 Å².